The second-order valence-corrected chi connectivity index (χ2v) is 7.76. The first-order chi connectivity index (χ1) is 15.5. The van der Waals surface area contributed by atoms with Crippen LogP contribution in [0.15, 0.2) is 65.1 Å². The molecule has 2 amide bonds. The van der Waals surface area contributed by atoms with Crippen LogP contribution in [0.1, 0.15) is 27.7 Å². The number of nitrogens with one attached hydrogen (secondary N) is 2. The van der Waals surface area contributed by atoms with Gasteiger partial charge in [0.1, 0.15) is 29.3 Å². The SMILES string of the molecule is Cc1ccc(C(=O)[C@H]2[C@@H](c3ccc(-c4cccc(F)c4)o3)NC(=O)N[C@]2(O)C(F)(F)F)cc1. The lowest BCUT2D eigenvalue weighted by atomic mass is 9.79. The molecule has 1 aliphatic rings. The number of alkyl halides is 3. The van der Waals surface area contributed by atoms with E-state index in [0.29, 0.717) is 5.56 Å². The highest BCUT2D eigenvalue weighted by Gasteiger charge is 2.66. The number of benzene rings is 2. The summed E-state index contributed by atoms with van der Waals surface area (Å²) in [6.45, 7) is 1.74. The third kappa shape index (κ3) is 4.09. The first-order valence-electron chi connectivity index (χ1n) is 9.84. The van der Waals surface area contributed by atoms with E-state index in [1.807, 2.05) is 0 Å². The second kappa shape index (κ2) is 8.04. The topological polar surface area (TPSA) is 91.6 Å². The van der Waals surface area contributed by atoms with Gasteiger partial charge >= 0.3 is 12.2 Å². The third-order valence-electron chi connectivity index (χ3n) is 5.47. The highest BCUT2D eigenvalue weighted by atomic mass is 19.4. The molecule has 2 aromatic carbocycles. The van der Waals surface area contributed by atoms with Crippen LogP contribution in [0.4, 0.5) is 22.4 Å². The number of ketones is 1. The highest BCUT2D eigenvalue weighted by molar-refractivity contribution is 6.00. The smallest absolute Gasteiger partial charge is 0.437 e. The molecule has 1 aromatic heterocycles. The van der Waals surface area contributed by atoms with Crippen LogP contribution < -0.4 is 10.6 Å². The van der Waals surface area contributed by atoms with Crippen molar-refractivity contribution < 1.29 is 36.7 Å². The van der Waals surface area contributed by atoms with Gasteiger partial charge in [0.2, 0.25) is 5.72 Å². The molecule has 1 fully saturated rings. The summed E-state index contributed by atoms with van der Waals surface area (Å²) in [5, 5.41) is 14.3. The van der Waals surface area contributed by atoms with Crippen molar-refractivity contribution in [2.24, 2.45) is 5.92 Å². The maximum atomic E-state index is 14.0. The lowest BCUT2D eigenvalue weighted by Crippen LogP contribution is -2.72. The molecule has 10 heteroatoms. The fraction of sp³-hybridized carbons (Fsp3) is 0.217. The molecular weight excluding hydrogens is 444 g/mol. The predicted molar refractivity (Wildman–Crippen MR) is 109 cm³/mol. The van der Waals surface area contributed by atoms with Crippen molar-refractivity contribution in [2.45, 2.75) is 24.9 Å². The minimum Gasteiger partial charge on any atom is -0.459 e. The maximum Gasteiger partial charge on any atom is 0.437 e. The van der Waals surface area contributed by atoms with Crippen molar-refractivity contribution in [1.29, 1.82) is 0 Å². The van der Waals surface area contributed by atoms with Crippen LogP contribution in [0, 0.1) is 18.7 Å². The van der Waals surface area contributed by atoms with Gasteiger partial charge in [-0.15, -0.1) is 0 Å². The Morgan fingerprint density at radius 2 is 1.79 bits per heavy atom. The molecule has 172 valence electrons. The van der Waals surface area contributed by atoms with Gasteiger partial charge in [0.25, 0.3) is 0 Å². The Hall–Kier alpha value is -3.66. The lowest BCUT2D eigenvalue weighted by Gasteiger charge is -2.44. The quantitative estimate of drug-likeness (QED) is 0.393. The van der Waals surface area contributed by atoms with E-state index in [-0.39, 0.29) is 17.1 Å². The van der Waals surface area contributed by atoms with Crippen LogP contribution in [0.3, 0.4) is 0 Å². The number of carbonyl (C=O) groups is 2. The molecule has 3 aromatic rings. The van der Waals surface area contributed by atoms with Crippen LogP contribution in [-0.2, 0) is 0 Å². The van der Waals surface area contributed by atoms with Gasteiger partial charge in [-0.3, -0.25) is 4.79 Å². The predicted octanol–water partition coefficient (Wildman–Crippen LogP) is 4.50. The molecule has 3 atom stereocenters. The summed E-state index contributed by atoms with van der Waals surface area (Å²) in [7, 11) is 0. The summed E-state index contributed by atoms with van der Waals surface area (Å²) in [6, 6.07) is 10.7. The van der Waals surface area contributed by atoms with Gasteiger partial charge in [-0.05, 0) is 31.2 Å². The fourth-order valence-electron chi connectivity index (χ4n) is 3.79. The summed E-state index contributed by atoms with van der Waals surface area (Å²) in [6.07, 6.45) is -5.38. The molecule has 3 N–H and O–H groups in total. The van der Waals surface area contributed by atoms with Crippen molar-refractivity contribution in [3.63, 3.8) is 0 Å². The van der Waals surface area contributed by atoms with Gasteiger partial charge in [-0.2, -0.15) is 13.2 Å². The lowest BCUT2D eigenvalue weighted by molar-refractivity contribution is -0.288. The van der Waals surface area contributed by atoms with Crippen molar-refractivity contribution in [3.05, 3.63) is 83.4 Å². The van der Waals surface area contributed by atoms with E-state index in [1.165, 1.54) is 47.8 Å². The molecule has 0 unspecified atom stereocenters. The summed E-state index contributed by atoms with van der Waals surface area (Å²) < 4.78 is 61.1. The average Bonchev–Trinajstić information content (AvgIpc) is 3.23. The first kappa shape index (κ1) is 22.5. The second-order valence-electron chi connectivity index (χ2n) is 7.76. The zero-order chi connectivity index (χ0) is 24.0. The molecule has 0 aliphatic carbocycles. The molecule has 2 heterocycles. The standard InChI is InChI=1S/C23H18F4N2O4/c1-12-5-7-13(8-6-12)20(30)18-19(28-21(31)29-22(18,32)23(25,26)27)17-10-9-16(33-17)14-3-2-4-15(24)11-14/h2-11,18-19,32H,1H3,(H2,28,29,31)/t18-,19-,22-/m1/s1. The van der Waals surface area contributed by atoms with E-state index < -0.39 is 41.5 Å². The van der Waals surface area contributed by atoms with Crippen LogP contribution in [0.2, 0.25) is 0 Å². The Kier molecular flexibility index (Phi) is 5.49. The maximum absolute atomic E-state index is 14.0. The van der Waals surface area contributed by atoms with Gasteiger partial charge in [0, 0.05) is 11.1 Å². The van der Waals surface area contributed by atoms with Gasteiger partial charge in [-0.25, -0.2) is 9.18 Å². The third-order valence-corrected chi connectivity index (χ3v) is 5.47. The van der Waals surface area contributed by atoms with E-state index in [2.05, 4.69) is 5.32 Å². The van der Waals surface area contributed by atoms with Crippen LogP contribution in [0.5, 0.6) is 0 Å². The number of amides is 2. The van der Waals surface area contributed by atoms with Crippen molar-refractivity contribution >= 4 is 11.8 Å². The molecule has 0 saturated carbocycles. The summed E-state index contributed by atoms with van der Waals surface area (Å²) in [5.74, 6) is -3.94. The van der Waals surface area contributed by atoms with E-state index >= 15 is 0 Å². The van der Waals surface area contributed by atoms with E-state index in [4.69, 9.17) is 4.42 Å². The summed E-state index contributed by atoms with van der Waals surface area (Å²) in [5.41, 5.74) is -2.88. The molecule has 33 heavy (non-hydrogen) atoms. The van der Waals surface area contributed by atoms with Crippen LogP contribution >= 0.6 is 0 Å². The number of furan rings is 1. The van der Waals surface area contributed by atoms with Crippen molar-refractivity contribution in [2.75, 3.05) is 0 Å². The largest absolute Gasteiger partial charge is 0.459 e. The Balaban J connectivity index is 1.81. The summed E-state index contributed by atoms with van der Waals surface area (Å²) >= 11 is 0. The molecule has 1 aliphatic heterocycles. The van der Waals surface area contributed by atoms with E-state index in [1.54, 1.807) is 19.1 Å². The molecule has 0 spiro atoms. The minimum absolute atomic E-state index is 0.0897. The fourth-order valence-corrected chi connectivity index (χ4v) is 3.79. The molecule has 0 radical (unpaired) electrons. The summed E-state index contributed by atoms with van der Waals surface area (Å²) in [4.78, 5) is 25.3. The van der Waals surface area contributed by atoms with Crippen molar-refractivity contribution in [3.8, 4) is 11.3 Å². The van der Waals surface area contributed by atoms with Gasteiger partial charge in [0.05, 0.1) is 0 Å². The normalized spacial score (nSPS) is 23.0. The number of Topliss-reactive ketones (excluding diaryl/α,β-unsaturated/α-hetero) is 1. The van der Waals surface area contributed by atoms with Crippen LogP contribution in [0.25, 0.3) is 11.3 Å². The van der Waals surface area contributed by atoms with Crippen molar-refractivity contribution in [1.82, 2.24) is 10.6 Å². The van der Waals surface area contributed by atoms with Gasteiger partial charge in [0.15, 0.2) is 5.78 Å². The van der Waals surface area contributed by atoms with Crippen LogP contribution in [-0.4, -0.2) is 28.8 Å². The zero-order valence-electron chi connectivity index (χ0n) is 17.1. The number of halogens is 4. The average molecular weight is 462 g/mol. The molecule has 0 bridgehead atoms. The highest BCUT2D eigenvalue weighted by Crippen LogP contribution is 2.44. The van der Waals surface area contributed by atoms with Gasteiger partial charge < -0.3 is 20.2 Å². The van der Waals surface area contributed by atoms with E-state index in [0.717, 1.165) is 11.6 Å². The zero-order valence-corrected chi connectivity index (χ0v) is 17.1. The van der Waals surface area contributed by atoms with E-state index in [9.17, 15) is 32.3 Å². The first-order valence-corrected chi connectivity index (χ1v) is 9.84. The number of aliphatic hydroxyl groups is 1. The number of aryl methyl sites for hydroxylation is 1. The Morgan fingerprint density at radius 3 is 2.42 bits per heavy atom. The monoisotopic (exact) mass is 462 g/mol. The molecule has 4 rings (SSSR count). The number of urea groups is 1. The Bertz CT molecular complexity index is 1210. The Labute approximate surface area is 185 Å². The number of carbonyl (C=O) groups excluding carboxylic acids is 2. The Morgan fingerprint density at radius 1 is 1.09 bits per heavy atom. The minimum atomic E-state index is -5.38. The number of hydrogen-bond donors (Lipinski definition) is 3. The number of rotatable bonds is 4. The number of hydrogen-bond acceptors (Lipinski definition) is 4. The van der Waals surface area contributed by atoms with Gasteiger partial charge in [-0.1, -0.05) is 42.0 Å². The molecular formula is C23H18F4N2O4. The molecule has 6 nitrogen and oxygen atoms in total. The molecule has 1 saturated heterocycles.